The number of hydrogen-bond acceptors (Lipinski definition) is 4. The molecule has 0 spiro atoms. The quantitative estimate of drug-likeness (QED) is 0.865. The Kier molecular flexibility index (Phi) is 4.27. The fourth-order valence-corrected chi connectivity index (χ4v) is 2.44. The van der Waals surface area contributed by atoms with Gasteiger partial charge in [-0.15, -0.1) is 0 Å². The summed E-state index contributed by atoms with van der Waals surface area (Å²) in [6.07, 6.45) is 1.67. The SMILES string of the molecule is Cc1nn(C(C)C)c(C)c1CN(C)c1cc(C#N)ccn1. The number of hydrogen-bond donors (Lipinski definition) is 0. The molecule has 0 unspecified atom stereocenters. The van der Waals surface area contributed by atoms with Gasteiger partial charge in [-0.3, -0.25) is 4.68 Å². The van der Waals surface area contributed by atoms with Crippen LogP contribution in [0.25, 0.3) is 0 Å². The highest BCUT2D eigenvalue weighted by Gasteiger charge is 2.15. The number of aryl methyl sites for hydroxylation is 1. The molecule has 0 bridgehead atoms. The summed E-state index contributed by atoms with van der Waals surface area (Å²) in [6, 6.07) is 6.01. The smallest absolute Gasteiger partial charge is 0.129 e. The van der Waals surface area contributed by atoms with E-state index >= 15 is 0 Å². The molecule has 5 nitrogen and oxygen atoms in total. The van der Waals surface area contributed by atoms with Crippen LogP contribution in [0.5, 0.6) is 0 Å². The molecule has 0 fully saturated rings. The van der Waals surface area contributed by atoms with Gasteiger partial charge in [-0.2, -0.15) is 10.4 Å². The molecule has 2 heterocycles. The number of rotatable bonds is 4. The van der Waals surface area contributed by atoms with Crippen molar-refractivity contribution in [1.82, 2.24) is 14.8 Å². The van der Waals surface area contributed by atoms with Crippen molar-refractivity contribution in [3.05, 3.63) is 40.8 Å². The summed E-state index contributed by atoms with van der Waals surface area (Å²) in [6.45, 7) is 9.12. The molecule has 2 rings (SSSR count). The van der Waals surface area contributed by atoms with Crippen molar-refractivity contribution in [2.24, 2.45) is 0 Å². The van der Waals surface area contributed by atoms with E-state index in [1.165, 1.54) is 11.3 Å². The van der Waals surface area contributed by atoms with E-state index in [1.807, 2.05) is 18.9 Å². The van der Waals surface area contributed by atoms with Gasteiger partial charge < -0.3 is 4.90 Å². The van der Waals surface area contributed by atoms with Crippen LogP contribution < -0.4 is 4.90 Å². The summed E-state index contributed by atoms with van der Waals surface area (Å²) >= 11 is 0. The van der Waals surface area contributed by atoms with Gasteiger partial charge in [0.1, 0.15) is 5.82 Å². The largest absolute Gasteiger partial charge is 0.355 e. The standard InChI is InChI=1S/C16H21N5/c1-11(2)21-13(4)15(12(3)19-21)10-20(5)16-8-14(9-17)6-7-18-16/h6-8,11H,10H2,1-5H3. The molecule has 0 N–H and O–H groups in total. The molecule has 110 valence electrons. The number of nitriles is 1. The lowest BCUT2D eigenvalue weighted by Gasteiger charge is -2.18. The van der Waals surface area contributed by atoms with E-state index in [-0.39, 0.29) is 0 Å². The third kappa shape index (κ3) is 3.05. The van der Waals surface area contributed by atoms with Crippen LogP contribution in [-0.2, 0) is 6.54 Å². The molecule has 0 aromatic carbocycles. The molecule has 0 saturated carbocycles. The lowest BCUT2D eigenvalue weighted by atomic mass is 10.2. The third-order valence-corrected chi connectivity index (χ3v) is 3.62. The Bertz CT molecular complexity index is 678. The summed E-state index contributed by atoms with van der Waals surface area (Å²) in [5.41, 5.74) is 4.07. The Hall–Kier alpha value is -2.35. The van der Waals surface area contributed by atoms with Crippen molar-refractivity contribution in [1.29, 1.82) is 5.26 Å². The van der Waals surface area contributed by atoms with Gasteiger partial charge in [0.25, 0.3) is 0 Å². The molecule has 2 aromatic rings. The van der Waals surface area contributed by atoms with Crippen LogP contribution >= 0.6 is 0 Å². The third-order valence-electron chi connectivity index (χ3n) is 3.62. The molecule has 0 radical (unpaired) electrons. The van der Waals surface area contributed by atoms with E-state index in [1.54, 1.807) is 18.3 Å². The summed E-state index contributed by atoms with van der Waals surface area (Å²) in [7, 11) is 1.98. The molecule has 0 aliphatic heterocycles. The second-order valence-electron chi connectivity index (χ2n) is 5.56. The van der Waals surface area contributed by atoms with Crippen molar-refractivity contribution >= 4 is 5.82 Å². The molecule has 0 atom stereocenters. The Morgan fingerprint density at radius 3 is 2.67 bits per heavy atom. The first kappa shape index (κ1) is 15.0. The van der Waals surface area contributed by atoms with Gasteiger partial charge in [-0.05, 0) is 39.8 Å². The molecule has 2 aromatic heterocycles. The van der Waals surface area contributed by atoms with E-state index < -0.39 is 0 Å². The Labute approximate surface area is 125 Å². The number of anilines is 1. The van der Waals surface area contributed by atoms with Crippen LogP contribution in [-0.4, -0.2) is 21.8 Å². The zero-order chi connectivity index (χ0) is 15.6. The van der Waals surface area contributed by atoms with E-state index in [4.69, 9.17) is 5.26 Å². The normalized spacial score (nSPS) is 10.7. The molecule has 0 amide bonds. The van der Waals surface area contributed by atoms with E-state index in [9.17, 15) is 0 Å². The summed E-state index contributed by atoms with van der Waals surface area (Å²) < 4.78 is 2.05. The first-order valence-electron chi connectivity index (χ1n) is 7.06. The fraction of sp³-hybridized carbons (Fsp3) is 0.438. The fourth-order valence-electron chi connectivity index (χ4n) is 2.44. The molecular formula is C16H21N5. The maximum absolute atomic E-state index is 8.98. The number of aromatic nitrogens is 3. The maximum Gasteiger partial charge on any atom is 0.129 e. The second kappa shape index (κ2) is 5.96. The van der Waals surface area contributed by atoms with Gasteiger partial charge in [0.15, 0.2) is 0 Å². The Morgan fingerprint density at radius 2 is 2.10 bits per heavy atom. The molecule has 5 heteroatoms. The molecule has 0 saturated heterocycles. The zero-order valence-electron chi connectivity index (χ0n) is 13.3. The van der Waals surface area contributed by atoms with Crippen molar-refractivity contribution in [3.63, 3.8) is 0 Å². The summed E-state index contributed by atoms with van der Waals surface area (Å²) in [5.74, 6) is 0.796. The maximum atomic E-state index is 8.98. The Morgan fingerprint density at radius 1 is 1.38 bits per heavy atom. The van der Waals surface area contributed by atoms with Crippen LogP contribution in [0.15, 0.2) is 18.3 Å². The van der Waals surface area contributed by atoms with Gasteiger partial charge in [0.05, 0.1) is 17.3 Å². The molecular weight excluding hydrogens is 262 g/mol. The van der Waals surface area contributed by atoms with Gasteiger partial charge >= 0.3 is 0 Å². The van der Waals surface area contributed by atoms with Crippen LogP contribution in [0.3, 0.4) is 0 Å². The highest BCUT2D eigenvalue weighted by atomic mass is 15.3. The second-order valence-corrected chi connectivity index (χ2v) is 5.56. The minimum atomic E-state index is 0.350. The van der Waals surface area contributed by atoms with Crippen LogP contribution in [0.4, 0.5) is 5.82 Å². The summed E-state index contributed by atoms with van der Waals surface area (Å²) in [4.78, 5) is 6.38. The first-order valence-corrected chi connectivity index (χ1v) is 7.06. The minimum Gasteiger partial charge on any atom is -0.355 e. The van der Waals surface area contributed by atoms with E-state index in [0.717, 1.165) is 18.1 Å². The lowest BCUT2D eigenvalue weighted by molar-refractivity contribution is 0.515. The van der Waals surface area contributed by atoms with Crippen LogP contribution in [0.2, 0.25) is 0 Å². The number of pyridine rings is 1. The Balaban J connectivity index is 2.27. The van der Waals surface area contributed by atoms with Crippen molar-refractivity contribution in [3.8, 4) is 6.07 Å². The lowest BCUT2D eigenvalue weighted by Crippen LogP contribution is -2.18. The zero-order valence-corrected chi connectivity index (χ0v) is 13.3. The topological polar surface area (TPSA) is 57.7 Å². The van der Waals surface area contributed by atoms with Crippen LogP contribution in [0.1, 0.15) is 42.4 Å². The average Bonchev–Trinajstić information content (AvgIpc) is 2.75. The molecule has 0 aliphatic carbocycles. The predicted molar refractivity (Wildman–Crippen MR) is 83.1 cm³/mol. The molecule has 21 heavy (non-hydrogen) atoms. The van der Waals surface area contributed by atoms with Crippen molar-refractivity contribution in [2.45, 2.75) is 40.3 Å². The van der Waals surface area contributed by atoms with Gasteiger partial charge in [-0.1, -0.05) is 0 Å². The highest BCUT2D eigenvalue weighted by molar-refractivity contribution is 5.45. The minimum absolute atomic E-state index is 0.350. The average molecular weight is 283 g/mol. The van der Waals surface area contributed by atoms with Crippen molar-refractivity contribution < 1.29 is 0 Å². The van der Waals surface area contributed by atoms with Gasteiger partial charge in [-0.25, -0.2) is 4.98 Å². The van der Waals surface area contributed by atoms with Crippen molar-refractivity contribution in [2.75, 3.05) is 11.9 Å². The first-order chi connectivity index (χ1) is 9.93. The van der Waals surface area contributed by atoms with Gasteiger partial charge in [0.2, 0.25) is 0 Å². The molecule has 0 aliphatic rings. The number of nitrogens with zero attached hydrogens (tertiary/aromatic N) is 5. The highest BCUT2D eigenvalue weighted by Crippen LogP contribution is 2.21. The van der Waals surface area contributed by atoms with Gasteiger partial charge in [0, 0.05) is 37.1 Å². The predicted octanol–water partition coefficient (Wildman–Crippen LogP) is 2.98. The summed E-state index contributed by atoms with van der Waals surface area (Å²) in [5, 5.41) is 13.6. The van der Waals surface area contributed by atoms with Crippen LogP contribution in [0, 0.1) is 25.2 Å². The monoisotopic (exact) mass is 283 g/mol. The van der Waals surface area contributed by atoms with E-state index in [0.29, 0.717) is 11.6 Å². The van der Waals surface area contributed by atoms with E-state index in [2.05, 4.69) is 41.6 Å².